The highest BCUT2D eigenvalue weighted by atomic mass is 32.1. The summed E-state index contributed by atoms with van der Waals surface area (Å²) < 4.78 is 1.92. The quantitative estimate of drug-likeness (QED) is 0.593. The maximum absolute atomic E-state index is 12.1. The van der Waals surface area contributed by atoms with Crippen molar-refractivity contribution in [1.29, 1.82) is 0 Å². The van der Waals surface area contributed by atoms with Crippen LogP contribution in [0.1, 0.15) is 50.2 Å². The molecule has 3 aromatic heterocycles. The fraction of sp³-hybridized carbons (Fsp3) is 0.417. The molecule has 4 rings (SSSR count). The monoisotopic (exact) mass is 467 g/mol. The molecule has 3 aromatic rings. The molecule has 1 aliphatic heterocycles. The van der Waals surface area contributed by atoms with E-state index in [0.717, 1.165) is 39.7 Å². The molecule has 33 heavy (non-hydrogen) atoms. The number of carbonyl (C=O) groups is 1. The van der Waals surface area contributed by atoms with Crippen molar-refractivity contribution in [3.8, 4) is 0 Å². The Morgan fingerprint density at radius 1 is 1.18 bits per heavy atom. The predicted octanol–water partition coefficient (Wildman–Crippen LogP) is 3.83. The molecule has 9 heteroatoms. The lowest BCUT2D eigenvalue weighted by Gasteiger charge is -2.34. The van der Waals surface area contributed by atoms with Crippen LogP contribution in [0, 0.1) is 6.92 Å². The maximum atomic E-state index is 12.1. The molecular weight excluding hydrogens is 434 g/mol. The van der Waals surface area contributed by atoms with Crippen molar-refractivity contribution < 1.29 is 4.79 Å². The van der Waals surface area contributed by atoms with E-state index >= 15 is 0 Å². The van der Waals surface area contributed by atoms with Crippen LogP contribution in [0.5, 0.6) is 0 Å². The predicted molar refractivity (Wildman–Crippen MR) is 137 cm³/mol. The maximum Gasteiger partial charge on any atom is 0.246 e. The number of aryl methyl sites for hydroxylation is 1. The lowest BCUT2D eigenvalue weighted by molar-refractivity contribution is -0.117. The third-order valence-corrected chi connectivity index (χ3v) is 5.87. The largest absolute Gasteiger partial charge is 0.366 e. The molecule has 4 heterocycles. The second kappa shape index (κ2) is 9.43. The Bertz CT molecular complexity index is 1130. The number of hydrogen-bond donors (Lipinski definition) is 2. The first kappa shape index (κ1) is 24.6. The standard InChI is InChI=1S/C24H31N7O.H2S/c1-15-22-19(30(6)16(2)23(32)29-22)9-21(28-15)26-11-18-12-27-31(14-18)13-17-7-8-20(25-10-17)24(3,4)5;/h7-10,12,14,16H,11,13H2,1-6H3,(H,26,28)(H,29,32);1H2/t16-;/m0./s1. The molecule has 1 amide bonds. The van der Waals surface area contributed by atoms with Gasteiger partial charge in [0.25, 0.3) is 0 Å². The Labute approximate surface area is 202 Å². The molecule has 0 spiro atoms. The molecule has 1 aliphatic rings. The molecule has 0 fully saturated rings. The van der Waals surface area contributed by atoms with Gasteiger partial charge in [0.05, 0.1) is 29.8 Å². The van der Waals surface area contributed by atoms with Gasteiger partial charge in [-0.15, -0.1) is 0 Å². The van der Waals surface area contributed by atoms with Crippen LogP contribution in [0.2, 0.25) is 0 Å². The van der Waals surface area contributed by atoms with Gasteiger partial charge in [-0.05, 0) is 25.5 Å². The number of anilines is 3. The van der Waals surface area contributed by atoms with Crippen molar-refractivity contribution in [1.82, 2.24) is 19.7 Å². The first-order chi connectivity index (χ1) is 15.1. The minimum absolute atomic E-state index is 0. The summed E-state index contributed by atoms with van der Waals surface area (Å²) in [7, 11) is 1.93. The Hall–Kier alpha value is -3.07. The van der Waals surface area contributed by atoms with Crippen molar-refractivity contribution in [3.05, 3.63) is 59.3 Å². The number of pyridine rings is 2. The van der Waals surface area contributed by atoms with Crippen LogP contribution in [-0.4, -0.2) is 38.7 Å². The number of nitrogens with one attached hydrogen (secondary N) is 2. The molecule has 176 valence electrons. The van der Waals surface area contributed by atoms with E-state index in [-0.39, 0.29) is 30.9 Å². The van der Waals surface area contributed by atoms with Gasteiger partial charge < -0.3 is 15.5 Å². The average molecular weight is 468 g/mol. The number of amides is 1. The second-order valence-corrected chi connectivity index (χ2v) is 9.46. The highest BCUT2D eigenvalue weighted by Gasteiger charge is 2.28. The average Bonchev–Trinajstić information content (AvgIpc) is 3.18. The molecule has 0 saturated heterocycles. The minimum atomic E-state index is -0.220. The van der Waals surface area contributed by atoms with Gasteiger partial charge in [-0.3, -0.25) is 14.5 Å². The van der Waals surface area contributed by atoms with E-state index in [2.05, 4.69) is 58.6 Å². The zero-order valence-electron chi connectivity index (χ0n) is 20.1. The highest BCUT2D eigenvalue weighted by Crippen LogP contribution is 2.35. The van der Waals surface area contributed by atoms with Gasteiger partial charge in [0.15, 0.2) is 0 Å². The van der Waals surface area contributed by atoms with E-state index in [4.69, 9.17) is 0 Å². The van der Waals surface area contributed by atoms with E-state index in [1.54, 1.807) is 0 Å². The van der Waals surface area contributed by atoms with Gasteiger partial charge in [0, 0.05) is 48.7 Å². The molecule has 1 atom stereocenters. The smallest absolute Gasteiger partial charge is 0.246 e. The van der Waals surface area contributed by atoms with Gasteiger partial charge in [-0.2, -0.15) is 18.6 Å². The van der Waals surface area contributed by atoms with Crippen LogP contribution in [0.15, 0.2) is 36.8 Å². The van der Waals surface area contributed by atoms with Crippen molar-refractivity contribution in [2.24, 2.45) is 0 Å². The van der Waals surface area contributed by atoms with Crippen LogP contribution < -0.4 is 15.5 Å². The summed E-state index contributed by atoms with van der Waals surface area (Å²) in [4.78, 5) is 23.3. The number of rotatable bonds is 5. The van der Waals surface area contributed by atoms with Crippen LogP contribution >= 0.6 is 13.5 Å². The Morgan fingerprint density at radius 3 is 2.61 bits per heavy atom. The summed E-state index contributed by atoms with van der Waals surface area (Å²) in [5, 5.41) is 10.8. The molecule has 0 aliphatic carbocycles. The first-order valence-corrected chi connectivity index (χ1v) is 10.9. The van der Waals surface area contributed by atoms with Crippen molar-refractivity contribution in [3.63, 3.8) is 0 Å². The third-order valence-electron chi connectivity index (χ3n) is 5.87. The van der Waals surface area contributed by atoms with E-state index in [0.29, 0.717) is 13.1 Å². The number of aromatic nitrogens is 4. The van der Waals surface area contributed by atoms with E-state index in [1.807, 2.05) is 55.1 Å². The number of likely N-dealkylation sites (N-methyl/N-ethyl adjacent to an activating group) is 1. The van der Waals surface area contributed by atoms with Gasteiger partial charge >= 0.3 is 0 Å². The van der Waals surface area contributed by atoms with Gasteiger partial charge in [0.1, 0.15) is 11.9 Å². The lowest BCUT2D eigenvalue weighted by Crippen LogP contribution is -2.44. The van der Waals surface area contributed by atoms with Crippen LogP contribution in [0.25, 0.3) is 0 Å². The fourth-order valence-corrected chi connectivity index (χ4v) is 3.72. The number of nitrogens with zero attached hydrogens (tertiary/aromatic N) is 5. The van der Waals surface area contributed by atoms with Gasteiger partial charge in [0.2, 0.25) is 5.91 Å². The van der Waals surface area contributed by atoms with Crippen LogP contribution in [0.3, 0.4) is 0 Å². The van der Waals surface area contributed by atoms with Gasteiger partial charge in [-0.1, -0.05) is 26.8 Å². The summed E-state index contributed by atoms with van der Waals surface area (Å²) in [6, 6.07) is 5.96. The lowest BCUT2D eigenvalue weighted by atomic mass is 9.91. The first-order valence-electron chi connectivity index (χ1n) is 10.9. The SMILES string of the molecule is Cc1nc(NCc2cnn(Cc3ccc(C(C)(C)C)nc3)c2)cc2c1NC(=O)[C@H](C)N2C.S. The molecule has 2 N–H and O–H groups in total. The molecule has 0 saturated carbocycles. The van der Waals surface area contributed by atoms with Crippen LogP contribution in [0.4, 0.5) is 17.2 Å². The fourth-order valence-electron chi connectivity index (χ4n) is 3.72. The summed E-state index contributed by atoms with van der Waals surface area (Å²) in [6.07, 6.45) is 5.82. The number of carbonyl (C=O) groups excluding carboxylic acids is 1. The molecule has 0 bridgehead atoms. The Balaban J connectivity index is 0.00000306. The number of hydrogen-bond acceptors (Lipinski definition) is 6. The molecule has 8 nitrogen and oxygen atoms in total. The Kier molecular flexibility index (Phi) is 7.02. The summed E-state index contributed by atoms with van der Waals surface area (Å²) in [5.41, 5.74) is 5.85. The number of fused-ring (bicyclic) bond motifs is 1. The molecule has 0 unspecified atom stereocenters. The summed E-state index contributed by atoms with van der Waals surface area (Å²) in [5.74, 6) is 0.757. The second-order valence-electron chi connectivity index (χ2n) is 9.46. The highest BCUT2D eigenvalue weighted by molar-refractivity contribution is 7.59. The van der Waals surface area contributed by atoms with Crippen molar-refractivity contribution in [2.45, 2.75) is 59.2 Å². The summed E-state index contributed by atoms with van der Waals surface area (Å²) >= 11 is 0. The summed E-state index contributed by atoms with van der Waals surface area (Å²) in [6.45, 7) is 11.6. The van der Waals surface area contributed by atoms with E-state index < -0.39 is 0 Å². The Morgan fingerprint density at radius 2 is 1.94 bits per heavy atom. The van der Waals surface area contributed by atoms with Crippen LogP contribution in [-0.2, 0) is 23.3 Å². The molecule has 0 radical (unpaired) electrons. The van der Waals surface area contributed by atoms with E-state index in [1.165, 1.54) is 0 Å². The zero-order chi connectivity index (χ0) is 23.0. The zero-order valence-corrected chi connectivity index (χ0v) is 21.1. The normalized spacial score (nSPS) is 15.5. The molecule has 0 aromatic carbocycles. The topological polar surface area (TPSA) is 88.0 Å². The molecular formula is C24H33N7OS. The van der Waals surface area contributed by atoms with Crippen molar-refractivity contribution in [2.75, 3.05) is 22.6 Å². The van der Waals surface area contributed by atoms with Gasteiger partial charge in [-0.25, -0.2) is 4.98 Å². The van der Waals surface area contributed by atoms with Crippen molar-refractivity contribution >= 4 is 36.6 Å². The van der Waals surface area contributed by atoms with E-state index in [9.17, 15) is 4.79 Å². The third kappa shape index (κ3) is 5.30. The minimum Gasteiger partial charge on any atom is -0.366 e.